The summed E-state index contributed by atoms with van der Waals surface area (Å²) in [6, 6.07) is 7.82. The molecule has 0 aliphatic heterocycles. The molecule has 0 aliphatic rings. The lowest BCUT2D eigenvalue weighted by molar-refractivity contribution is -0.127. The third-order valence-electron chi connectivity index (χ3n) is 3.50. The number of fused-ring (bicyclic) bond motifs is 3. The minimum Gasteiger partial charge on any atom is -0.343 e. The van der Waals surface area contributed by atoms with Crippen LogP contribution in [-0.2, 0) is 4.79 Å². The van der Waals surface area contributed by atoms with Crippen LogP contribution in [0, 0.1) is 0 Å². The number of benzene rings is 1. The summed E-state index contributed by atoms with van der Waals surface area (Å²) in [7, 11) is 0. The number of amides is 1. The predicted octanol–water partition coefficient (Wildman–Crippen LogP) is 2.24. The Morgan fingerprint density at radius 1 is 1.27 bits per heavy atom. The van der Waals surface area contributed by atoms with Crippen molar-refractivity contribution in [2.24, 2.45) is 0 Å². The number of carbonyl (C=O) groups is 1. The fraction of sp³-hybridized carbons (Fsp3) is 0.333. The molecular formula is C15H17N5OS. The molecule has 0 unspecified atom stereocenters. The normalized spacial score (nSPS) is 11.2. The van der Waals surface area contributed by atoms with E-state index in [0.717, 1.165) is 29.6 Å². The molecule has 0 N–H and O–H groups in total. The molecule has 2 aromatic heterocycles. The molecule has 0 fully saturated rings. The average molecular weight is 315 g/mol. The summed E-state index contributed by atoms with van der Waals surface area (Å²) in [5, 5.41) is 5.93. The van der Waals surface area contributed by atoms with E-state index in [1.807, 2.05) is 38.1 Å². The standard InChI is InChI=1S/C15H17N5OS/c1-3-19(4-2)13(21)9-22-15-17-14-11-7-5-6-8-12(11)16-10-20(14)18-15/h5-8,10H,3-4,9H2,1-2H3. The van der Waals surface area contributed by atoms with Gasteiger partial charge in [-0.1, -0.05) is 23.9 Å². The summed E-state index contributed by atoms with van der Waals surface area (Å²) in [5.41, 5.74) is 1.65. The highest BCUT2D eigenvalue weighted by Gasteiger charge is 2.13. The van der Waals surface area contributed by atoms with Gasteiger partial charge in [0.15, 0.2) is 5.65 Å². The van der Waals surface area contributed by atoms with Crippen LogP contribution >= 0.6 is 11.8 Å². The molecular weight excluding hydrogens is 298 g/mol. The monoisotopic (exact) mass is 315 g/mol. The van der Waals surface area contributed by atoms with Crippen LogP contribution in [0.1, 0.15) is 13.8 Å². The van der Waals surface area contributed by atoms with Gasteiger partial charge in [-0.15, -0.1) is 5.10 Å². The fourth-order valence-corrected chi connectivity index (χ4v) is 3.05. The van der Waals surface area contributed by atoms with Gasteiger partial charge in [-0.2, -0.15) is 0 Å². The summed E-state index contributed by atoms with van der Waals surface area (Å²) in [6.07, 6.45) is 1.65. The van der Waals surface area contributed by atoms with Gasteiger partial charge in [0, 0.05) is 18.5 Å². The number of aromatic nitrogens is 4. The van der Waals surface area contributed by atoms with Crippen LogP contribution in [-0.4, -0.2) is 49.2 Å². The van der Waals surface area contributed by atoms with E-state index in [0.29, 0.717) is 10.9 Å². The van der Waals surface area contributed by atoms with E-state index in [1.165, 1.54) is 11.8 Å². The van der Waals surface area contributed by atoms with Crippen molar-refractivity contribution >= 4 is 34.2 Å². The fourth-order valence-electron chi connectivity index (χ4n) is 2.32. The highest BCUT2D eigenvalue weighted by atomic mass is 32.2. The molecule has 0 aliphatic carbocycles. The smallest absolute Gasteiger partial charge is 0.233 e. The first-order chi connectivity index (χ1) is 10.7. The molecule has 3 aromatic rings. The minimum absolute atomic E-state index is 0.108. The Morgan fingerprint density at radius 3 is 2.82 bits per heavy atom. The number of hydrogen-bond acceptors (Lipinski definition) is 5. The predicted molar refractivity (Wildman–Crippen MR) is 86.9 cm³/mol. The number of hydrogen-bond donors (Lipinski definition) is 0. The van der Waals surface area contributed by atoms with Crippen molar-refractivity contribution in [2.45, 2.75) is 19.0 Å². The number of nitrogens with zero attached hydrogens (tertiary/aromatic N) is 5. The summed E-state index contributed by atoms with van der Waals surface area (Å²) >= 11 is 1.36. The Morgan fingerprint density at radius 2 is 2.05 bits per heavy atom. The molecule has 6 nitrogen and oxygen atoms in total. The van der Waals surface area contributed by atoms with Crippen LogP contribution in [0.2, 0.25) is 0 Å². The van der Waals surface area contributed by atoms with Gasteiger partial charge in [0.05, 0.1) is 11.3 Å². The molecule has 22 heavy (non-hydrogen) atoms. The second-order valence-electron chi connectivity index (χ2n) is 4.78. The van der Waals surface area contributed by atoms with Crippen LogP contribution in [0.5, 0.6) is 0 Å². The zero-order chi connectivity index (χ0) is 15.5. The Bertz CT molecular complexity index is 812. The van der Waals surface area contributed by atoms with E-state index in [-0.39, 0.29) is 5.91 Å². The molecule has 0 radical (unpaired) electrons. The molecule has 0 bridgehead atoms. The zero-order valence-corrected chi connectivity index (χ0v) is 13.4. The SMILES string of the molecule is CCN(CC)C(=O)CSc1nc2c3ccccc3ncn2n1. The maximum atomic E-state index is 12.0. The van der Waals surface area contributed by atoms with Gasteiger partial charge < -0.3 is 4.90 Å². The second kappa shape index (κ2) is 6.31. The Labute approximate surface area is 132 Å². The molecule has 7 heteroatoms. The zero-order valence-electron chi connectivity index (χ0n) is 12.6. The highest BCUT2D eigenvalue weighted by Crippen LogP contribution is 2.20. The summed E-state index contributed by atoms with van der Waals surface area (Å²) in [4.78, 5) is 22.7. The molecule has 0 atom stereocenters. The molecule has 1 aromatic carbocycles. The van der Waals surface area contributed by atoms with Crippen LogP contribution in [0.15, 0.2) is 35.7 Å². The lowest BCUT2D eigenvalue weighted by Gasteiger charge is -2.17. The molecule has 3 rings (SSSR count). The number of thioether (sulfide) groups is 1. The van der Waals surface area contributed by atoms with E-state index in [9.17, 15) is 4.79 Å². The molecule has 2 heterocycles. The van der Waals surface area contributed by atoms with E-state index in [4.69, 9.17) is 0 Å². The summed E-state index contributed by atoms with van der Waals surface area (Å²) < 4.78 is 1.66. The van der Waals surface area contributed by atoms with Crippen molar-refractivity contribution in [3.8, 4) is 0 Å². The van der Waals surface area contributed by atoms with Crippen molar-refractivity contribution < 1.29 is 4.79 Å². The molecule has 0 saturated carbocycles. The van der Waals surface area contributed by atoms with Gasteiger partial charge in [-0.3, -0.25) is 4.79 Å². The van der Waals surface area contributed by atoms with E-state index >= 15 is 0 Å². The van der Waals surface area contributed by atoms with Gasteiger partial charge >= 0.3 is 0 Å². The molecule has 1 amide bonds. The Kier molecular flexibility index (Phi) is 4.24. The lowest BCUT2D eigenvalue weighted by Crippen LogP contribution is -2.31. The van der Waals surface area contributed by atoms with Gasteiger partial charge in [-0.05, 0) is 26.0 Å². The second-order valence-corrected chi connectivity index (χ2v) is 5.72. The van der Waals surface area contributed by atoms with E-state index in [1.54, 1.807) is 15.7 Å². The van der Waals surface area contributed by atoms with Gasteiger partial charge in [0.2, 0.25) is 11.1 Å². The average Bonchev–Trinajstić information content (AvgIpc) is 2.97. The largest absolute Gasteiger partial charge is 0.343 e. The number of rotatable bonds is 5. The minimum atomic E-state index is 0.108. The highest BCUT2D eigenvalue weighted by molar-refractivity contribution is 7.99. The third kappa shape index (κ3) is 2.76. The van der Waals surface area contributed by atoms with Gasteiger partial charge in [0.1, 0.15) is 6.33 Å². The maximum absolute atomic E-state index is 12.0. The van der Waals surface area contributed by atoms with Gasteiger partial charge in [-0.25, -0.2) is 14.5 Å². The maximum Gasteiger partial charge on any atom is 0.233 e. The van der Waals surface area contributed by atoms with Crippen LogP contribution < -0.4 is 0 Å². The van der Waals surface area contributed by atoms with Crippen LogP contribution in [0.4, 0.5) is 0 Å². The van der Waals surface area contributed by atoms with Crippen molar-refractivity contribution in [1.82, 2.24) is 24.5 Å². The van der Waals surface area contributed by atoms with Crippen LogP contribution in [0.3, 0.4) is 0 Å². The van der Waals surface area contributed by atoms with Crippen molar-refractivity contribution in [2.75, 3.05) is 18.8 Å². The Balaban J connectivity index is 1.83. The summed E-state index contributed by atoms with van der Waals surface area (Å²) in [6.45, 7) is 5.41. The van der Waals surface area contributed by atoms with E-state index < -0.39 is 0 Å². The molecule has 114 valence electrons. The van der Waals surface area contributed by atoms with Crippen molar-refractivity contribution in [1.29, 1.82) is 0 Å². The molecule has 0 spiro atoms. The first-order valence-corrected chi connectivity index (χ1v) is 8.22. The quantitative estimate of drug-likeness (QED) is 0.676. The first kappa shape index (κ1) is 14.8. The summed E-state index contributed by atoms with van der Waals surface area (Å²) in [5.74, 6) is 0.459. The van der Waals surface area contributed by atoms with E-state index in [2.05, 4.69) is 15.1 Å². The lowest BCUT2D eigenvalue weighted by atomic mass is 10.2. The Hall–Kier alpha value is -2.15. The number of carbonyl (C=O) groups excluding carboxylic acids is 1. The topological polar surface area (TPSA) is 63.4 Å². The van der Waals surface area contributed by atoms with Crippen molar-refractivity contribution in [3.63, 3.8) is 0 Å². The van der Waals surface area contributed by atoms with Crippen molar-refractivity contribution in [3.05, 3.63) is 30.6 Å². The van der Waals surface area contributed by atoms with Gasteiger partial charge in [0.25, 0.3) is 0 Å². The first-order valence-electron chi connectivity index (χ1n) is 7.23. The number of para-hydroxylation sites is 1. The third-order valence-corrected chi connectivity index (χ3v) is 4.33. The molecule has 0 saturated heterocycles. The van der Waals surface area contributed by atoms with Crippen LogP contribution in [0.25, 0.3) is 16.6 Å².